The lowest BCUT2D eigenvalue weighted by Gasteiger charge is -2.30. The monoisotopic (exact) mass is 609 g/mol. The highest BCUT2D eigenvalue weighted by Gasteiger charge is 2.25. The highest BCUT2D eigenvalue weighted by Crippen LogP contribution is 2.40. The zero-order valence-corrected chi connectivity index (χ0v) is 24.4. The first kappa shape index (κ1) is 29.1. The lowest BCUT2D eigenvalue weighted by molar-refractivity contribution is 0.122. The van der Waals surface area contributed by atoms with Crippen LogP contribution in [0.1, 0.15) is 31.0 Å². The zero-order valence-electron chi connectivity index (χ0n) is 23.5. The molecule has 0 aliphatic carbocycles. The molecule has 4 heterocycles. The summed E-state index contributed by atoms with van der Waals surface area (Å²) in [6.07, 6.45) is 1.85. The van der Waals surface area contributed by atoms with E-state index in [0.29, 0.717) is 49.3 Å². The molecule has 2 saturated heterocycles. The smallest absolute Gasteiger partial charge is 0.201 e. The zero-order chi connectivity index (χ0) is 29.9. The molecule has 4 aromatic rings. The number of aromatic nitrogens is 3. The van der Waals surface area contributed by atoms with Crippen molar-refractivity contribution in [3.63, 3.8) is 0 Å². The largest absolute Gasteiger partial charge is 0.384 e. The molecule has 0 bridgehead atoms. The molecule has 6 rings (SSSR count). The summed E-state index contributed by atoms with van der Waals surface area (Å²) in [6, 6.07) is 12.0. The van der Waals surface area contributed by atoms with Gasteiger partial charge in [-0.1, -0.05) is 18.2 Å². The maximum Gasteiger partial charge on any atom is 0.201 e. The number of hydrogen-bond donors (Lipinski definition) is 3. The molecule has 2 fully saturated rings. The summed E-state index contributed by atoms with van der Waals surface area (Å²) >= 11 is 0. The number of thiol groups is 1. The molecule has 0 spiro atoms. The number of benzene rings is 2. The highest BCUT2D eigenvalue weighted by molar-refractivity contribution is 7.70. The molecule has 2 aliphatic heterocycles. The molecule has 226 valence electrons. The minimum absolute atomic E-state index is 0.112. The maximum atomic E-state index is 16.0. The van der Waals surface area contributed by atoms with Crippen molar-refractivity contribution in [1.82, 2.24) is 19.7 Å². The van der Waals surface area contributed by atoms with Gasteiger partial charge >= 0.3 is 0 Å². The second-order valence-electron chi connectivity index (χ2n) is 10.7. The van der Waals surface area contributed by atoms with E-state index in [1.807, 2.05) is 18.2 Å². The number of halogens is 2. The molecule has 2 aromatic heterocycles. The number of anilines is 3. The van der Waals surface area contributed by atoms with E-state index in [0.717, 1.165) is 48.1 Å². The van der Waals surface area contributed by atoms with Gasteiger partial charge < -0.3 is 20.3 Å². The van der Waals surface area contributed by atoms with Gasteiger partial charge in [0.25, 0.3) is 0 Å². The van der Waals surface area contributed by atoms with Crippen LogP contribution in [0.15, 0.2) is 48.7 Å². The number of nitrogen functional groups attached to an aromatic ring is 1. The quantitative estimate of drug-likeness (QED) is 0.241. The second-order valence-corrected chi connectivity index (χ2v) is 11.5. The van der Waals surface area contributed by atoms with E-state index in [4.69, 9.17) is 20.4 Å². The van der Waals surface area contributed by atoms with Crippen LogP contribution < -0.4 is 20.3 Å². The van der Waals surface area contributed by atoms with Crippen LogP contribution in [-0.4, -0.2) is 69.3 Å². The Morgan fingerprint density at radius 3 is 2.51 bits per heavy atom. The molecule has 0 saturated carbocycles. The van der Waals surface area contributed by atoms with Crippen LogP contribution in [0.4, 0.5) is 26.1 Å². The van der Waals surface area contributed by atoms with Gasteiger partial charge in [0.2, 0.25) is 10.9 Å². The SMILES string of the molecule is Nc1ccc(-c2nc(N3CCOCC3)c3cc(-c4cccc(C(F)CCN[SH](=O)=O)c4F)cc(N4CCCC4)c3n2)cn1. The first-order valence-electron chi connectivity index (χ1n) is 14.3. The fraction of sp³-hybridized carbons (Fsp3) is 0.367. The van der Waals surface area contributed by atoms with E-state index in [1.54, 1.807) is 24.4 Å². The Labute approximate surface area is 250 Å². The van der Waals surface area contributed by atoms with Gasteiger partial charge in [-0.05, 0) is 49.1 Å². The molecule has 2 aliphatic rings. The third-order valence-corrected chi connectivity index (χ3v) is 8.36. The fourth-order valence-corrected chi connectivity index (χ4v) is 6.00. The van der Waals surface area contributed by atoms with Crippen molar-refractivity contribution in [2.45, 2.75) is 25.4 Å². The Kier molecular flexibility index (Phi) is 8.63. The summed E-state index contributed by atoms with van der Waals surface area (Å²) in [7, 11) is -2.85. The summed E-state index contributed by atoms with van der Waals surface area (Å²) in [6.45, 7) is 3.90. The summed E-state index contributed by atoms with van der Waals surface area (Å²) < 4.78 is 60.6. The summed E-state index contributed by atoms with van der Waals surface area (Å²) in [4.78, 5) is 18.7. The minimum Gasteiger partial charge on any atom is -0.384 e. The van der Waals surface area contributed by atoms with Crippen LogP contribution in [0.3, 0.4) is 0 Å². The maximum absolute atomic E-state index is 16.0. The Morgan fingerprint density at radius 1 is 1.00 bits per heavy atom. The Balaban J connectivity index is 1.52. The number of hydrogen-bond acceptors (Lipinski definition) is 9. The molecule has 43 heavy (non-hydrogen) atoms. The highest BCUT2D eigenvalue weighted by atomic mass is 32.2. The molecule has 10 nitrogen and oxygen atoms in total. The van der Waals surface area contributed by atoms with Crippen LogP contribution in [-0.2, 0) is 15.6 Å². The van der Waals surface area contributed by atoms with Crippen molar-refractivity contribution in [2.24, 2.45) is 0 Å². The molecular weight excluding hydrogens is 576 g/mol. The number of morpholine rings is 1. The molecule has 2 aromatic carbocycles. The number of rotatable bonds is 9. The third kappa shape index (κ3) is 6.24. The van der Waals surface area contributed by atoms with Crippen LogP contribution in [0.2, 0.25) is 0 Å². The van der Waals surface area contributed by atoms with Gasteiger partial charge in [-0.15, -0.1) is 0 Å². The topological polar surface area (TPSA) is 127 Å². The number of nitrogens with one attached hydrogen (secondary N) is 1. The normalized spacial score (nSPS) is 16.3. The number of fused-ring (bicyclic) bond motifs is 1. The van der Waals surface area contributed by atoms with Crippen LogP contribution in [0.25, 0.3) is 33.4 Å². The molecule has 0 radical (unpaired) electrons. The van der Waals surface area contributed by atoms with Crippen molar-refractivity contribution < 1.29 is 21.9 Å². The second kappa shape index (κ2) is 12.7. The Hall–Kier alpha value is -3.94. The molecule has 3 N–H and O–H groups in total. The van der Waals surface area contributed by atoms with Gasteiger partial charge in [0.15, 0.2) is 5.82 Å². The third-order valence-electron chi connectivity index (χ3n) is 7.88. The minimum atomic E-state index is -2.85. The lowest BCUT2D eigenvalue weighted by Crippen LogP contribution is -2.37. The van der Waals surface area contributed by atoms with E-state index in [9.17, 15) is 8.42 Å². The van der Waals surface area contributed by atoms with Crippen molar-refractivity contribution in [1.29, 1.82) is 0 Å². The number of ether oxygens (including phenoxy) is 1. The summed E-state index contributed by atoms with van der Waals surface area (Å²) in [5.41, 5.74) is 8.89. The van der Waals surface area contributed by atoms with Crippen molar-refractivity contribution in [3.05, 3.63) is 60.0 Å². The number of nitrogens with two attached hydrogens (primary N) is 1. The molecular formula is C30H33F2N7O3S. The van der Waals surface area contributed by atoms with Gasteiger partial charge in [-0.25, -0.2) is 36.9 Å². The van der Waals surface area contributed by atoms with Crippen LogP contribution in [0.5, 0.6) is 0 Å². The molecule has 0 amide bonds. The number of pyridine rings is 1. The molecule has 1 atom stereocenters. The summed E-state index contributed by atoms with van der Waals surface area (Å²) in [5.74, 6) is 0.945. The van der Waals surface area contributed by atoms with Crippen molar-refractivity contribution in [3.8, 4) is 22.5 Å². The molecule has 13 heteroatoms. The Morgan fingerprint density at radius 2 is 1.79 bits per heavy atom. The summed E-state index contributed by atoms with van der Waals surface area (Å²) in [5, 5.41) is 0.763. The van der Waals surface area contributed by atoms with Crippen molar-refractivity contribution in [2.75, 3.05) is 61.5 Å². The average molecular weight is 610 g/mol. The van der Waals surface area contributed by atoms with Gasteiger partial charge in [-0.2, -0.15) is 0 Å². The van der Waals surface area contributed by atoms with E-state index in [-0.39, 0.29) is 24.1 Å². The fourth-order valence-electron chi connectivity index (χ4n) is 5.69. The first-order valence-corrected chi connectivity index (χ1v) is 15.5. The van der Waals surface area contributed by atoms with Crippen LogP contribution >= 0.6 is 0 Å². The van der Waals surface area contributed by atoms with E-state index in [1.165, 1.54) is 6.07 Å². The Bertz CT molecular complexity index is 1680. The standard InChI is InChI=1S/C30H33F2N7O3S/c31-24(8-9-35-43(40)41)22-5-3-4-21(27(22)32)20-16-23-28(25(17-20)38-10-1-2-11-38)36-29(19-6-7-26(33)34-18-19)37-30(23)39-12-14-42-15-13-39/h3-7,16-18,24,43H,1-2,8-15H2,(H2,33,34)(H,35,40,41). The van der Waals surface area contributed by atoms with Gasteiger partial charge in [0.1, 0.15) is 23.6 Å². The van der Waals surface area contributed by atoms with Crippen LogP contribution in [0, 0.1) is 5.82 Å². The van der Waals surface area contributed by atoms with Gasteiger partial charge in [-0.3, -0.25) is 0 Å². The van der Waals surface area contributed by atoms with Crippen molar-refractivity contribution >= 4 is 39.1 Å². The van der Waals surface area contributed by atoms with E-state index in [2.05, 4.69) is 19.5 Å². The number of nitrogens with zero attached hydrogens (tertiary/aromatic N) is 5. The number of alkyl halides is 1. The average Bonchev–Trinajstić information content (AvgIpc) is 3.56. The first-order chi connectivity index (χ1) is 20.9. The van der Waals surface area contributed by atoms with Gasteiger partial charge in [0, 0.05) is 61.0 Å². The lowest BCUT2D eigenvalue weighted by atomic mass is 9.96. The van der Waals surface area contributed by atoms with E-state index >= 15 is 8.78 Å². The predicted octanol–water partition coefficient (Wildman–Crippen LogP) is 4.03. The van der Waals surface area contributed by atoms with Gasteiger partial charge in [0.05, 0.1) is 24.4 Å². The van der Waals surface area contributed by atoms with E-state index < -0.39 is 22.9 Å². The predicted molar refractivity (Wildman–Crippen MR) is 164 cm³/mol. The molecule has 1 unspecified atom stereocenters.